The van der Waals surface area contributed by atoms with Gasteiger partial charge in [-0.2, -0.15) is 4.99 Å². The average Bonchev–Trinajstić information content (AvgIpc) is 3.19. The van der Waals surface area contributed by atoms with E-state index >= 15 is 0 Å². The van der Waals surface area contributed by atoms with Gasteiger partial charge in [0.25, 0.3) is 5.91 Å². The van der Waals surface area contributed by atoms with E-state index in [9.17, 15) is 13.2 Å². The smallest absolute Gasteiger partial charge is 0.252 e. The van der Waals surface area contributed by atoms with Crippen LogP contribution in [0.3, 0.4) is 0 Å². The van der Waals surface area contributed by atoms with Crippen molar-refractivity contribution in [2.45, 2.75) is 17.7 Å². The molecule has 1 amide bonds. The van der Waals surface area contributed by atoms with Crippen LogP contribution in [0.5, 0.6) is 11.5 Å². The van der Waals surface area contributed by atoms with Crippen molar-refractivity contribution in [1.82, 2.24) is 0 Å². The molecule has 2 aromatic rings. The molecule has 3 aliphatic heterocycles. The number of anilines is 1. The molecule has 2 saturated heterocycles. The summed E-state index contributed by atoms with van der Waals surface area (Å²) in [5.41, 5.74) is 1.64. The minimum Gasteiger partial charge on any atom is -0.486 e. The molecule has 0 aliphatic carbocycles. The van der Waals surface area contributed by atoms with Crippen LogP contribution in [0, 0.1) is 0 Å². The second-order valence-electron chi connectivity index (χ2n) is 7.45. The van der Waals surface area contributed by atoms with E-state index in [1.54, 1.807) is 0 Å². The normalized spacial score (nSPS) is 25.3. The van der Waals surface area contributed by atoms with Crippen molar-refractivity contribution in [3.8, 4) is 11.5 Å². The summed E-state index contributed by atoms with van der Waals surface area (Å²) in [6, 6.07) is 14.7. The van der Waals surface area contributed by atoms with Gasteiger partial charge >= 0.3 is 0 Å². The Morgan fingerprint density at radius 2 is 1.83 bits per heavy atom. The number of ether oxygens (including phenoxy) is 2. The van der Waals surface area contributed by atoms with Crippen molar-refractivity contribution in [1.29, 1.82) is 0 Å². The highest BCUT2D eigenvalue weighted by Gasteiger charge is 2.49. The van der Waals surface area contributed by atoms with Gasteiger partial charge < -0.3 is 14.4 Å². The summed E-state index contributed by atoms with van der Waals surface area (Å²) in [6.07, 6.45) is 0.202. The zero-order chi connectivity index (χ0) is 20.7. The number of hydrogen-bond acceptors (Lipinski definition) is 6. The van der Waals surface area contributed by atoms with Gasteiger partial charge in [-0.25, -0.2) is 8.42 Å². The van der Waals surface area contributed by atoms with Gasteiger partial charge in [0.15, 0.2) is 26.5 Å². The van der Waals surface area contributed by atoms with Gasteiger partial charge in [-0.3, -0.25) is 4.79 Å². The molecule has 2 aromatic carbocycles. The molecule has 0 unspecified atom stereocenters. The molecular formula is C21H20N2O5S2. The van der Waals surface area contributed by atoms with E-state index in [2.05, 4.69) is 4.99 Å². The van der Waals surface area contributed by atoms with Crippen LogP contribution < -0.4 is 14.4 Å². The van der Waals surface area contributed by atoms with E-state index in [1.165, 1.54) is 11.8 Å². The van der Waals surface area contributed by atoms with Gasteiger partial charge in [-0.05, 0) is 17.7 Å². The van der Waals surface area contributed by atoms with Gasteiger partial charge in [0.1, 0.15) is 13.2 Å². The van der Waals surface area contributed by atoms with Crippen LogP contribution in [0.4, 0.5) is 5.69 Å². The number of amides is 1. The third kappa shape index (κ3) is 3.79. The Hall–Kier alpha value is -2.52. The molecule has 0 spiro atoms. The Kier molecular flexibility index (Phi) is 4.94. The van der Waals surface area contributed by atoms with Crippen molar-refractivity contribution >= 4 is 38.4 Å². The van der Waals surface area contributed by atoms with Crippen LogP contribution in [-0.4, -0.2) is 55.5 Å². The topological polar surface area (TPSA) is 85.3 Å². The summed E-state index contributed by atoms with van der Waals surface area (Å²) in [4.78, 5) is 18.9. The van der Waals surface area contributed by atoms with Crippen LogP contribution in [-0.2, 0) is 21.1 Å². The number of thioether (sulfide) groups is 1. The number of sulfone groups is 1. The van der Waals surface area contributed by atoms with E-state index < -0.39 is 9.84 Å². The number of nitrogens with zero attached hydrogens (tertiary/aromatic N) is 2. The van der Waals surface area contributed by atoms with E-state index in [1.807, 2.05) is 53.4 Å². The third-order valence-corrected chi connectivity index (χ3v) is 8.50. The van der Waals surface area contributed by atoms with Crippen molar-refractivity contribution in [3.05, 3.63) is 54.1 Å². The van der Waals surface area contributed by atoms with Crippen LogP contribution in [0.25, 0.3) is 0 Å². The second kappa shape index (κ2) is 7.63. The molecule has 156 valence electrons. The monoisotopic (exact) mass is 444 g/mol. The number of amidine groups is 1. The fourth-order valence-corrected chi connectivity index (χ4v) is 7.90. The third-order valence-electron chi connectivity index (χ3n) is 5.29. The maximum Gasteiger partial charge on any atom is 0.252 e. The summed E-state index contributed by atoms with van der Waals surface area (Å²) in [7, 11) is -3.12. The number of fused-ring (bicyclic) bond motifs is 2. The molecule has 0 aromatic heterocycles. The summed E-state index contributed by atoms with van der Waals surface area (Å²) in [5.74, 6) is 1.16. The lowest BCUT2D eigenvalue weighted by Crippen LogP contribution is -2.37. The van der Waals surface area contributed by atoms with Gasteiger partial charge in [0, 0.05) is 17.0 Å². The Bertz CT molecular complexity index is 1120. The van der Waals surface area contributed by atoms with E-state index in [0.29, 0.717) is 29.9 Å². The Labute approximate surface area is 179 Å². The summed E-state index contributed by atoms with van der Waals surface area (Å²) < 4.78 is 35.7. The maximum absolute atomic E-state index is 12.6. The molecule has 3 aliphatic rings. The number of carbonyl (C=O) groups is 1. The quantitative estimate of drug-likeness (QED) is 0.718. The zero-order valence-electron chi connectivity index (χ0n) is 16.1. The van der Waals surface area contributed by atoms with Gasteiger partial charge in [-0.1, -0.05) is 42.1 Å². The Balaban J connectivity index is 1.48. The maximum atomic E-state index is 12.6. The number of benzene rings is 2. The molecule has 30 heavy (non-hydrogen) atoms. The number of carbonyl (C=O) groups excluding carboxylic acids is 1. The first-order chi connectivity index (χ1) is 14.5. The van der Waals surface area contributed by atoms with E-state index in [-0.39, 0.29) is 35.1 Å². The van der Waals surface area contributed by atoms with Crippen LogP contribution in [0.2, 0.25) is 0 Å². The second-order valence-corrected chi connectivity index (χ2v) is 10.8. The molecule has 2 atom stereocenters. The summed E-state index contributed by atoms with van der Waals surface area (Å²) in [5, 5.41) is 0.393. The van der Waals surface area contributed by atoms with Gasteiger partial charge in [-0.15, -0.1) is 0 Å². The molecule has 9 heteroatoms. The fraction of sp³-hybridized carbons (Fsp3) is 0.333. The molecular weight excluding hydrogens is 424 g/mol. The average molecular weight is 445 g/mol. The zero-order valence-corrected chi connectivity index (χ0v) is 17.7. The summed E-state index contributed by atoms with van der Waals surface area (Å²) >= 11 is 1.37. The number of hydrogen-bond donors (Lipinski definition) is 0. The first-order valence-corrected chi connectivity index (χ1v) is 12.4. The van der Waals surface area contributed by atoms with Crippen molar-refractivity contribution in [2.24, 2.45) is 4.99 Å². The highest BCUT2D eigenvalue weighted by Crippen LogP contribution is 2.43. The lowest BCUT2D eigenvalue weighted by Gasteiger charge is -2.26. The number of rotatable bonds is 3. The molecule has 3 heterocycles. The molecule has 0 radical (unpaired) electrons. The number of aliphatic imine (C=N–C) groups is 1. The SMILES string of the molecule is O=C(Cc1ccccc1)N=C1S[C@@H]2CS(=O)(=O)C[C@@H]2N1c1ccc2c(c1)OCCO2. The molecule has 2 fully saturated rings. The van der Waals surface area contributed by atoms with Crippen molar-refractivity contribution in [2.75, 3.05) is 29.6 Å². The van der Waals surface area contributed by atoms with Crippen LogP contribution in [0.1, 0.15) is 5.56 Å². The van der Waals surface area contributed by atoms with E-state index in [0.717, 1.165) is 11.3 Å². The largest absolute Gasteiger partial charge is 0.486 e. The predicted octanol–water partition coefficient (Wildman–Crippen LogP) is 2.30. The van der Waals surface area contributed by atoms with E-state index in [4.69, 9.17) is 9.47 Å². The Morgan fingerprint density at radius 3 is 2.63 bits per heavy atom. The lowest BCUT2D eigenvalue weighted by atomic mass is 10.1. The first kappa shape index (κ1) is 19.4. The highest BCUT2D eigenvalue weighted by molar-refractivity contribution is 8.16. The molecule has 7 nitrogen and oxygen atoms in total. The molecule has 0 N–H and O–H groups in total. The fourth-order valence-electron chi connectivity index (χ4n) is 3.96. The first-order valence-electron chi connectivity index (χ1n) is 9.70. The lowest BCUT2D eigenvalue weighted by molar-refractivity contribution is -0.117. The molecule has 0 bridgehead atoms. The standard InChI is InChI=1S/C21H20N2O5S2/c24-20(10-14-4-2-1-3-5-14)22-21-23(16-12-30(25,26)13-19(16)29-21)15-6-7-17-18(11-15)28-9-8-27-17/h1-7,11,16,19H,8-10,12-13H2/t16-,19+/m0/s1. The molecule has 5 rings (SSSR count). The Morgan fingerprint density at radius 1 is 1.07 bits per heavy atom. The van der Waals surface area contributed by atoms with Crippen molar-refractivity contribution < 1.29 is 22.7 Å². The van der Waals surface area contributed by atoms with Gasteiger partial charge in [0.2, 0.25) is 0 Å². The molecule has 0 saturated carbocycles. The van der Waals surface area contributed by atoms with Crippen LogP contribution in [0.15, 0.2) is 53.5 Å². The highest BCUT2D eigenvalue weighted by atomic mass is 32.2. The van der Waals surface area contributed by atoms with Gasteiger partial charge in [0.05, 0.1) is 24.0 Å². The predicted molar refractivity (Wildman–Crippen MR) is 116 cm³/mol. The van der Waals surface area contributed by atoms with Crippen molar-refractivity contribution in [3.63, 3.8) is 0 Å². The van der Waals surface area contributed by atoms with Crippen LogP contribution >= 0.6 is 11.8 Å². The minimum atomic E-state index is -3.12. The summed E-state index contributed by atoms with van der Waals surface area (Å²) in [6.45, 7) is 0.956. The minimum absolute atomic E-state index is 0.0466.